The topological polar surface area (TPSA) is 49.8 Å². The van der Waals surface area contributed by atoms with Crippen LogP contribution in [0, 0.1) is 5.92 Å². The summed E-state index contributed by atoms with van der Waals surface area (Å²) in [5, 5.41) is 10.3. The molecular weight excluding hydrogens is 310 g/mol. The minimum Gasteiger partial charge on any atom is -0.444 e. The summed E-state index contributed by atoms with van der Waals surface area (Å²) in [6, 6.07) is 3.78. The highest BCUT2D eigenvalue weighted by Gasteiger charge is 2.33. The monoisotopic (exact) mass is 331 g/mol. The Morgan fingerprint density at radius 2 is 2.29 bits per heavy atom. The van der Waals surface area contributed by atoms with E-state index in [0.717, 1.165) is 15.6 Å². The minimum absolute atomic E-state index is 0.0957. The largest absolute Gasteiger partial charge is 0.444 e. The molecule has 1 aliphatic heterocycles. The van der Waals surface area contributed by atoms with Crippen LogP contribution in [0.25, 0.3) is 0 Å². The Morgan fingerprint density at radius 3 is 2.86 bits per heavy atom. The molecule has 0 saturated carbocycles. The van der Waals surface area contributed by atoms with Gasteiger partial charge in [0.15, 0.2) is 0 Å². The Labute approximate surface area is 134 Å². The summed E-state index contributed by atoms with van der Waals surface area (Å²) in [5.74, 6) is 0.0957. The molecule has 0 radical (unpaired) electrons. The second-order valence-electron chi connectivity index (χ2n) is 6.45. The second-order valence-corrected chi connectivity index (χ2v) is 8.25. The summed E-state index contributed by atoms with van der Waals surface area (Å²) >= 11 is 7.39. The third-order valence-corrected chi connectivity index (χ3v) is 4.71. The lowest BCUT2D eigenvalue weighted by atomic mass is 9.98. The van der Waals surface area contributed by atoms with Crippen molar-refractivity contribution in [1.29, 1.82) is 0 Å². The molecule has 21 heavy (non-hydrogen) atoms. The first kappa shape index (κ1) is 16.6. The number of thiophene rings is 1. The van der Waals surface area contributed by atoms with Crippen molar-refractivity contribution < 1.29 is 14.6 Å². The minimum atomic E-state index is -0.485. The van der Waals surface area contributed by atoms with E-state index >= 15 is 0 Å². The SMILES string of the molecule is CC(C)(C)OC(=O)N1CCC(C(O)Cc2ccc(Cl)s2)C1. The Kier molecular flexibility index (Phi) is 5.17. The fraction of sp³-hybridized carbons (Fsp3) is 0.667. The van der Waals surface area contributed by atoms with E-state index in [0.29, 0.717) is 19.5 Å². The Balaban J connectivity index is 1.85. The number of amides is 1. The normalized spacial score (nSPS) is 20.6. The van der Waals surface area contributed by atoms with Crippen molar-refractivity contribution in [2.24, 2.45) is 5.92 Å². The summed E-state index contributed by atoms with van der Waals surface area (Å²) in [4.78, 5) is 14.8. The fourth-order valence-electron chi connectivity index (χ4n) is 2.43. The molecule has 2 unspecified atom stereocenters. The number of nitrogens with zero attached hydrogens (tertiary/aromatic N) is 1. The number of halogens is 1. The van der Waals surface area contributed by atoms with Gasteiger partial charge in [-0.25, -0.2) is 4.79 Å². The third kappa shape index (κ3) is 4.87. The number of hydrogen-bond acceptors (Lipinski definition) is 4. The molecule has 6 heteroatoms. The van der Waals surface area contributed by atoms with E-state index < -0.39 is 11.7 Å². The molecule has 1 aromatic rings. The Hall–Kier alpha value is -0.780. The van der Waals surface area contributed by atoms with Crippen molar-refractivity contribution in [1.82, 2.24) is 4.90 Å². The van der Waals surface area contributed by atoms with Crippen LogP contribution in [0.3, 0.4) is 0 Å². The van der Waals surface area contributed by atoms with Crippen LogP contribution in [0.5, 0.6) is 0 Å². The molecule has 1 amide bonds. The van der Waals surface area contributed by atoms with Crippen molar-refractivity contribution in [3.8, 4) is 0 Å². The highest BCUT2D eigenvalue weighted by Crippen LogP contribution is 2.27. The number of carbonyl (C=O) groups excluding carboxylic acids is 1. The van der Waals surface area contributed by atoms with E-state index in [1.165, 1.54) is 11.3 Å². The first-order chi connectivity index (χ1) is 9.74. The van der Waals surface area contributed by atoms with Gasteiger partial charge in [0.25, 0.3) is 0 Å². The maximum atomic E-state index is 12.0. The molecule has 2 heterocycles. The molecule has 2 atom stereocenters. The number of ether oxygens (including phenoxy) is 1. The van der Waals surface area contributed by atoms with E-state index in [1.54, 1.807) is 4.90 Å². The van der Waals surface area contributed by atoms with Gasteiger partial charge >= 0.3 is 6.09 Å². The highest BCUT2D eigenvalue weighted by atomic mass is 35.5. The van der Waals surface area contributed by atoms with Crippen LogP contribution >= 0.6 is 22.9 Å². The van der Waals surface area contributed by atoms with Crippen LogP contribution in [-0.2, 0) is 11.2 Å². The van der Waals surface area contributed by atoms with Gasteiger partial charge in [-0.1, -0.05) is 11.6 Å². The van der Waals surface area contributed by atoms with E-state index in [4.69, 9.17) is 16.3 Å². The summed E-state index contributed by atoms with van der Waals surface area (Å²) in [7, 11) is 0. The average Bonchev–Trinajstić information content (AvgIpc) is 2.96. The van der Waals surface area contributed by atoms with Crippen molar-refractivity contribution in [3.63, 3.8) is 0 Å². The van der Waals surface area contributed by atoms with Gasteiger partial charge in [-0.05, 0) is 39.3 Å². The summed E-state index contributed by atoms with van der Waals surface area (Å²) < 4.78 is 6.10. The molecule has 1 N–H and O–H groups in total. The van der Waals surface area contributed by atoms with Gasteiger partial charge in [0, 0.05) is 30.3 Å². The first-order valence-electron chi connectivity index (χ1n) is 7.15. The molecule has 1 aromatic heterocycles. The zero-order valence-electron chi connectivity index (χ0n) is 12.6. The smallest absolute Gasteiger partial charge is 0.410 e. The summed E-state index contributed by atoms with van der Waals surface area (Å²) in [6.45, 7) is 6.76. The molecule has 1 saturated heterocycles. The number of hydrogen-bond donors (Lipinski definition) is 1. The molecule has 118 valence electrons. The summed E-state index contributed by atoms with van der Waals surface area (Å²) in [6.07, 6.45) is 0.646. The Bertz CT molecular complexity index is 497. The first-order valence-corrected chi connectivity index (χ1v) is 8.34. The molecule has 0 aromatic carbocycles. The zero-order valence-corrected chi connectivity index (χ0v) is 14.2. The molecule has 0 bridgehead atoms. The lowest BCUT2D eigenvalue weighted by Gasteiger charge is -2.25. The van der Waals surface area contributed by atoms with Crippen molar-refractivity contribution >= 4 is 29.0 Å². The van der Waals surface area contributed by atoms with Crippen LogP contribution < -0.4 is 0 Å². The maximum Gasteiger partial charge on any atom is 0.410 e. The molecule has 4 nitrogen and oxygen atoms in total. The van der Waals surface area contributed by atoms with E-state index in [2.05, 4.69) is 0 Å². The standard InChI is InChI=1S/C15H22ClNO3S/c1-15(2,3)20-14(19)17-7-6-10(9-17)12(18)8-11-4-5-13(16)21-11/h4-5,10,12,18H,6-9H2,1-3H3. The number of likely N-dealkylation sites (tertiary alicyclic amines) is 1. The van der Waals surface area contributed by atoms with Crippen LogP contribution in [-0.4, -0.2) is 40.9 Å². The fourth-order valence-corrected chi connectivity index (χ4v) is 3.56. The number of carbonyl (C=O) groups is 1. The van der Waals surface area contributed by atoms with E-state index in [-0.39, 0.29) is 12.0 Å². The zero-order chi connectivity index (χ0) is 15.6. The summed E-state index contributed by atoms with van der Waals surface area (Å²) in [5.41, 5.74) is -0.485. The van der Waals surface area contributed by atoms with Gasteiger partial charge in [0.05, 0.1) is 10.4 Å². The number of rotatable bonds is 3. The Morgan fingerprint density at radius 1 is 1.57 bits per heavy atom. The van der Waals surface area contributed by atoms with Gasteiger partial charge < -0.3 is 14.7 Å². The number of aliphatic hydroxyl groups excluding tert-OH is 1. The van der Waals surface area contributed by atoms with Crippen molar-refractivity contribution in [3.05, 3.63) is 21.3 Å². The van der Waals surface area contributed by atoms with Crippen LogP contribution in [0.1, 0.15) is 32.1 Å². The maximum absolute atomic E-state index is 12.0. The number of aliphatic hydroxyl groups is 1. The lowest BCUT2D eigenvalue weighted by Crippen LogP contribution is -2.36. The van der Waals surface area contributed by atoms with Crippen molar-refractivity contribution in [2.75, 3.05) is 13.1 Å². The predicted octanol–water partition coefficient (Wildman–Crippen LogP) is 3.56. The predicted molar refractivity (Wildman–Crippen MR) is 85.0 cm³/mol. The van der Waals surface area contributed by atoms with Gasteiger partial charge in [-0.15, -0.1) is 11.3 Å². The molecule has 0 spiro atoms. The van der Waals surface area contributed by atoms with Gasteiger partial charge in [-0.3, -0.25) is 0 Å². The quantitative estimate of drug-likeness (QED) is 0.921. The van der Waals surface area contributed by atoms with Gasteiger partial charge in [-0.2, -0.15) is 0 Å². The molecular formula is C15H22ClNO3S. The van der Waals surface area contributed by atoms with Crippen molar-refractivity contribution in [2.45, 2.75) is 45.3 Å². The average molecular weight is 332 g/mol. The molecule has 1 fully saturated rings. The third-order valence-electron chi connectivity index (χ3n) is 3.46. The van der Waals surface area contributed by atoms with Gasteiger partial charge in [0.2, 0.25) is 0 Å². The highest BCUT2D eigenvalue weighted by molar-refractivity contribution is 7.16. The van der Waals surface area contributed by atoms with E-state index in [1.807, 2.05) is 32.9 Å². The van der Waals surface area contributed by atoms with Crippen LogP contribution in [0.2, 0.25) is 4.34 Å². The molecule has 2 rings (SSSR count). The molecule has 0 aliphatic carbocycles. The van der Waals surface area contributed by atoms with Crippen LogP contribution in [0.15, 0.2) is 12.1 Å². The van der Waals surface area contributed by atoms with E-state index in [9.17, 15) is 9.90 Å². The molecule has 1 aliphatic rings. The lowest BCUT2D eigenvalue weighted by molar-refractivity contribution is 0.0269. The van der Waals surface area contributed by atoms with Crippen LogP contribution in [0.4, 0.5) is 4.79 Å². The second kappa shape index (κ2) is 6.55. The van der Waals surface area contributed by atoms with Gasteiger partial charge in [0.1, 0.15) is 5.60 Å².